The summed E-state index contributed by atoms with van der Waals surface area (Å²) in [4.78, 5) is 2.70. The summed E-state index contributed by atoms with van der Waals surface area (Å²) >= 11 is 0. The topological polar surface area (TPSA) is 33.1 Å². The van der Waals surface area contributed by atoms with Gasteiger partial charge in [0.25, 0.3) is 0 Å². The number of hydrogen-bond donors (Lipinski definition) is 1. The molecule has 2 heterocycles. The van der Waals surface area contributed by atoms with Gasteiger partial charge in [-0.3, -0.25) is 9.58 Å². The predicted octanol–water partition coefficient (Wildman–Crippen LogP) is 2.21. The second-order valence-corrected chi connectivity index (χ2v) is 5.91. The highest BCUT2D eigenvalue weighted by molar-refractivity contribution is 5.85. The highest BCUT2D eigenvalue weighted by atomic mass is 35.5. The van der Waals surface area contributed by atoms with Crippen LogP contribution in [0.3, 0.4) is 0 Å². The molecule has 1 atom stereocenters. The summed E-state index contributed by atoms with van der Waals surface area (Å²) in [6.07, 6.45) is 6.00. The molecule has 0 radical (unpaired) electrons. The second-order valence-electron chi connectivity index (χ2n) is 5.91. The van der Waals surface area contributed by atoms with E-state index < -0.39 is 0 Å². The van der Waals surface area contributed by atoms with Crippen LogP contribution >= 0.6 is 12.4 Å². The van der Waals surface area contributed by atoms with Gasteiger partial charge in [-0.05, 0) is 45.7 Å². The predicted molar refractivity (Wildman–Crippen MR) is 79.7 cm³/mol. The van der Waals surface area contributed by atoms with E-state index in [9.17, 15) is 0 Å². The maximum Gasteiger partial charge on any atom is 0.0527 e. The van der Waals surface area contributed by atoms with E-state index in [1.165, 1.54) is 31.5 Å². The van der Waals surface area contributed by atoms with Crippen molar-refractivity contribution >= 4 is 12.4 Å². The standard InChI is InChI=1S/C14H24N4.ClH/c1-11(2)18-14(6-8-16-18)10-17(12-3-4-12)13-5-7-15-9-13;/h6,8,11-13,15H,3-5,7,9-10H2,1-2H3;1H. The fraction of sp³-hybridized carbons (Fsp3) is 0.786. The Labute approximate surface area is 122 Å². The average Bonchev–Trinajstić information content (AvgIpc) is 2.88. The van der Waals surface area contributed by atoms with Crippen LogP contribution < -0.4 is 5.32 Å². The summed E-state index contributed by atoms with van der Waals surface area (Å²) in [5.41, 5.74) is 1.36. The lowest BCUT2D eigenvalue weighted by molar-refractivity contribution is 0.182. The molecule has 0 amide bonds. The Balaban J connectivity index is 0.00000133. The third kappa shape index (κ3) is 3.30. The lowest BCUT2D eigenvalue weighted by atomic mass is 10.2. The summed E-state index contributed by atoms with van der Waals surface area (Å²) in [5.74, 6) is 0. The van der Waals surface area contributed by atoms with E-state index in [0.717, 1.165) is 25.2 Å². The van der Waals surface area contributed by atoms with Gasteiger partial charge in [-0.15, -0.1) is 12.4 Å². The molecule has 5 heteroatoms. The minimum absolute atomic E-state index is 0. The van der Waals surface area contributed by atoms with Gasteiger partial charge < -0.3 is 5.32 Å². The molecule has 1 aliphatic heterocycles. The van der Waals surface area contributed by atoms with E-state index in [0.29, 0.717) is 6.04 Å². The first-order valence-electron chi connectivity index (χ1n) is 7.24. The zero-order chi connectivity index (χ0) is 12.5. The molecular weight excluding hydrogens is 260 g/mol. The molecule has 1 aromatic heterocycles. The van der Waals surface area contributed by atoms with E-state index in [2.05, 4.69) is 39.9 Å². The van der Waals surface area contributed by atoms with Crippen molar-refractivity contribution in [3.05, 3.63) is 18.0 Å². The minimum atomic E-state index is 0. The molecule has 2 aliphatic rings. The van der Waals surface area contributed by atoms with Crippen molar-refractivity contribution in [3.63, 3.8) is 0 Å². The Bertz CT molecular complexity index is 394. The van der Waals surface area contributed by atoms with Crippen molar-refractivity contribution in [2.24, 2.45) is 0 Å². The second kappa shape index (κ2) is 6.25. The number of hydrogen-bond acceptors (Lipinski definition) is 3. The zero-order valence-corrected chi connectivity index (χ0v) is 12.7. The average molecular weight is 285 g/mol. The van der Waals surface area contributed by atoms with E-state index in [1.807, 2.05) is 6.20 Å². The highest BCUT2D eigenvalue weighted by Gasteiger charge is 2.35. The van der Waals surface area contributed by atoms with Crippen molar-refractivity contribution in [1.82, 2.24) is 20.0 Å². The first-order valence-corrected chi connectivity index (χ1v) is 7.24. The molecule has 1 aromatic rings. The van der Waals surface area contributed by atoms with Crippen LogP contribution in [-0.4, -0.2) is 39.9 Å². The van der Waals surface area contributed by atoms with Gasteiger partial charge in [-0.25, -0.2) is 0 Å². The number of nitrogens with zero attached hydrogens (tertiary/aromatic N) is 3. The van der Waals surface area contributed by atoms with Gasteiger partial charge in [0, 0.05) is 37.4 Å². The van der Waals surface area contributed by atoms with Gasteiger partial charge in [-0.2, -0.15) is 5.10 Å². The summed E-state index contributed by atoms with van der Waals surface area (Å²) in [6, 6.07) is 4.19. The van der Waals surface area contributed by atoms with Crippen LogP contribution in [0.5, 0.6) is 0 Å². The molecule has 0 bridgehead atoms. The van der Waals surface area contributed by atoms with Crippen LogP contribution in [0.4, 0.5) is 0 Å². The molecule has 108 valence electrons. The molecule has 3 rings (SSSR count). The normalized spacial score (nSPS) is 23.1. The van der Waals surface area contributed by atoms with Crippen LogP contribution in [0.2, 0.25) is 0 Å². The SMILES string of the molecule is CC(C)n1nccc1CN(C1CC1)C1CCNC1.Cl. The van der Waals surface area contributed by atoms with Crippen molar-refractivity contribution in [1.29, 1.82) is 0 Å². The Kier molecular flexibility index (Phi) is 4.87. The molecule has 4 nitrogen and oxygen atoms in total. The molecule has 1 saturated heterocycles. The maximum atomic E-state index is 4.45. The fourth-order valence-electron chi connectivity index (χ4n) is 3.00. The molecule has 0 spiro atoms. The number of rotatable bonds is 5. The Hall–Kier alpha value is -0.580. The molecule has 1 N–H and O–H groups in total. The third-order valence-electron chi connectivity index (χ3n) is 4.11. The summed E-state index contributed by atoms with van der Waals surface area (Å²) in [5, 5.41) is 7.94. The van der Waals surface area contributed by atoms with Crippen LogP contribution in [0.25, 0.3) is 0 Å². The minimum Gasteiger partial charge on any atom is -0.315 e. The zero-order valence-electron chi connectivity index (χ0n) is 11.9. The molecular formula is C14H25ClN4. The molecule has 0 aromatic carbocycles. The van der Waals surface area contributed by atoms with E-state index in [-0.39, 0.29) is 12.4 Å². The van der Waals surface area contributed by atoms with Crippen LogP contribution in [-0.2, 0) is 6.54 Å². The van der Waals surface area contributed by atoms with Gasteiger partial charge in [0.2, 0.25) is 0 Å². The van der Waals surface area contributed by atoms with Gasteiger partial charge >= 0.3 is 0 Å². The van der Waals surface area contributed by atoms with Crippen LogP contribution in [0.15, 0.2) is 12.3 Å². The Morgan fingerprint density at radius 1 is 1.37 bits per heavy atom. The number of nitrogens with one attached hydrogen (secondary N) is 1. The summed E-state index contributed by atoms with van der Waals surface area (Å²) < 4.78 is 2.16. The fourth-order valence-corrected chi connectivity index (χ4v) is 3.00. The van der Waals surface area contributed by atoms with Crippen molar-refractivity contribution < 1.29 is 0 Å². The van der Waals surface area contributed by atoms with E-state index in [4.69, 9.17) is 0 Å². The summed E-state index contributed by atoms with van der Waals surface area (Å²) in [6.45, 7) is 7.81. The molecule has 19 heavy (non-hydrogen) atoms. The first-order chi connectivity index (χ1) is 8.75. The first kappa shape index (κ1) is 14.8. The van der Waals surface area contributed by atoms with Gasteiger partial charge in [-0.1, -0.05) is 0 Å². The third-order valence-corrected chi connectivity index (χ3v) is 4.11. The monoisotopic (exact) mass is 284 g/mol. The number of halogens is 1. The summed E-state index contributed by atoms with van der Waals surface area (Å²) in [7, 11) is 0. The van der Waals surface area contributed by atoms with Crippen LogP contribution in [0.1, 0.15) is 44.8 Å². The molecule has 1 saturated carbocycles. The lowest BCUT2D eigenvalue weighted by Crippen LogP contribution is -2.38. The van der Waals surface area contributed by atoms with Crippen molar-refractivity contribution in [2.75, 3.05) is 13.1 Å². The quantitative estimate of drug-likeness (QED) is 0.900. The maximum absolute atomic E-state index is 4.45. The van der Waals surface area contributed by atoms with Crippen LogP contribution in [0, 0.1) is 0 Å². The van der Waals surface area contributed by atoms with E-state index >= 15 is 0 Å². The Morgan fingerprint density at radius 2 is 2.16 bits per heavy atom. The Morgan fingerprint density at radius 3 is 2.74 bits per heavy atom. The highest BCUT2D eigenvalue weighted by Crippen LogP contribution is 2.31. The number of aromatic nitrogens is 2. The van der Waals surface area contributed by atoms with Gasteiger partial charge in [0.15, 0.2) is 0 Å². The van der Waals surface area contributed by atoms with Crippen molar-refractivity contribution in [2.45, 2.75) is 57.8 Å². The largest absolute Gasteiger partial charge is 0.315 e. The molecule has 1 aliphatic carbocycles. The van der Waals surface area contributed by atoms with Gasteiger partial charge in [0.05, 0.1) is 5.69 Å². The smallest absolute Gasteiger partial charge is 0.0527 e. The van der Waals surface area contributed by atoms with E-state index in [1.54, 1.807) is 0 Å². The molecule has 1 unspecified atom stereocenters. The lowest BCUT2D eigenvalue weighted by Gasteiger charge is -2.28. The molecule has 2 fully saturated rings. The van der Waals surface area contributed by atoms with Crippen molar-refractivity contribution in [3.8, 4) is 0 Å². The van der Waals surface area contributed by atoms with Gasteiger partial charge in [0.1, 0.15) is 0 Å².